The molecule has 30 heavy (non-hydrogen) atoms. The number of hydrogen-bond acceptors (Lipinski definition) is 5. The van der Waals surface area contributed by atoms with Gasteiger partial charge in [-0.1, -0.05) is 6.58 Å². The number of rotatable bonds is 6. The molecule has 0 aliphatic heterocycles. The summed E-state index contributed by atoms with van der Waals surface area (Å²) in [5, 5.41) is 5.25. The second-order valence-electron chi connectivity index (χ2n) is 6.31. The van der Waals surface area contributed by atoms with E-state index in [0.29, 0.717) is 16.8 Å². The first-order valence-corrected chi connectivity index (χ1v) is 8.85. The summed E-state index contributed by atoms with van der Waals surface area (Å²) in [5.41, 5.74) is 0.373. The number of anilines is 2. The van der Waals surface area contributed by atoms with E-state index in [1.54, 1.807) is 26.4 Å². The van der Waals surface area contributed by atoms with Gasteiger partial charge in [-0.05, 0) is 42.5 Å². The zero-order valence-corrected chi connectivity index (χ0v) is 16.3. The summed E-state index contributed by atoms with van der Waals surface area (Å²) in [6.07, 6.45) is 2.60. The van der Waals surface area contributed by atoms with Gasteiger partial charge in [-0.15, -0.1) is 0 Å². The average Bonchev–Trinajstić information content (AvgIpc) is 2.73. The number of ether oxygens (including phenoxy) is 1. The number of benzene rings is 1. The molecule has 1 aromatic carbocycles. The van der Waals surface area contributed by atoms with Crippen LogP contribution in [0, 0.1) is 5.82 Å². The van der Waals surface area contributed by atoms with Crippen LogP contribution in [0.15, 0.2) is 64.8 Å². The molecule has 2 heterocycles. The van der Waals surface area contributed by atoms with Crippen LogP contribution in [0.1, 0.15) is 0 Å². The Morgan fingerprint density at radius 3 is 2.53 bits per heavy atom. The molecule has 0 saturated carbocycles. The molecule has 0 fully saturated rings. The molecule has 1 amide bonds. The lowest BCUT2D eigenvalue weighted by Gasteiger charge is -2.14. The molecule has 0 bridgehead atoms. The average molecular weight is 410 g/mol. The number of amides is 1. The zero-order chi connectivity index (χ0) is 21.8. The fraction of sp³-hybridized carbons (Fsp3) is 0.0952. The maximum atomic E-state index is 13.2. The van der Waals surface area contributed by atoms with E-state index in [1.807, 2.05) is 0 Å². The molecule has 3 N–H and O–H groups in total. The van der Waals surface area contributed by atoms with E-state index < -0.39 is 17.3 Å². The highest BCUT2D eigenvalue weighted by molar-refractivity contribution is 5.99. The predicted molar refractivity (Wildman–Crippen MR) is 113 cm³/mol. The molecular formula is C21H19FN4O4. The highest BCUT2D eigenvalue weighted by atomic mass is 19.1. The van der Waals surface area contributed by atoms with E-state index >= 15 is 0 Å². The zero-order valence-electron chi connectivity index (χ0n) is 16.3. The minimum absolute atomic E-state index is 0.0267. The molecule has 0 atom stereocenters. The third-order valence-corrected chi connectivity index (χ3v) is 4.25. The molecule has 3 rings (SSSR count). The Morgan fingerprint density at radius 2 is 1.90 bits per heavy atom. The topological polar surface area (TPSA) is 105 Å². The summed E-state index contributed by atoms with van der Waals surface area (Å²) >= 11 is 0. The van der Waals surface area contributed by atoms with Crippen LogP contribution in [0.5, 0.6) is 11.6 Å². The number of halogens is 1. The Morgan fingerprint density at radius 1 is 1.20 bits per heavy atom. The third kappa shape index (κ3) is 4.30. The molecule has 0 radical (unpaired) electrons. The highest BCUT2D eigenvalue weighted by Crippen LogP contribution is 2.32. The lowest BCUT2D eigenvalue weighted by atomic mass is 10.1. The first-order valence-electron chi connectivity index (χ1n) is 8.85. The Bertz CT molecular complexity index is 1230. The number of aryl methyl sites for hydroxylation is 1. The number of nitrogens with zero attached hydrogens (tertiary/aromatic N) is 1. The van der Waals surface area contributed by atoms with Gasteiger partial charge >= 0.3 is 0 Å². The van der Waals surface area contributed by atoms with Crippen molar-refractivity contribution in [3.63, 3.8) is 0 Å². The van der Waals surface area contributed by atoms with Gasteiger partial charge in [0.05, 0.1) is 0 Å². The van der Waals surface area contributed by atoms with Crippen LogP contribution in [-0.4, -0.2) is 22.5 Å². The van der Waals surface area contributed by atoms with E-state index in [4.69, 9.17) is 4.74 Å². The molecule has 0 spiro atoms. The summed E-state index contributed by atoms with van der Waals surface area (Å²) in [4.78, 5) is 38.9. The third-order valence-electron chi connectivity index (χ3n) is 4.25. The lowest BCUT2D eigenvalue weighted by Crippen LogP contribution is -2.20. The van der Waals surface area contributed by atoms with Crippen molar-refractivity contribution in [2.24, 2.45) is 7.05 Å². The van der Waals surface area contributed by atoms with Gasteiger partial charge in [-0.25, -0.2) is 4.39 Å². The number of H-pyrrole nitrogens is 1. The van der Waals surface area contributed by atoms with Crippen LogP contribution in [-0.2, 0) is 11.8 Å². The number of carbonyl (C=O) groups is 1. The van der Waals surface area contributed by atoms with Crippen molar-refractivity contribution in [2.45, 2.75) is 0 Å². The van der Waals surface area contributed by atoms with Crippen LogP contribution in [0.25, 0.3) is 11.1 Å². The summed E-state index contributed by atoms with van der Waals surface area (Å²) in [5.74, 6) is -0.649. The number of aromatic amines is 1. The fourth-order valence-electron chi connectivity index (χ4n) is 2.74. The molecule has 8 nitrogen and oxygen atoms in total. The van der Waals surface area contributed by atoms with Crippen molar-refractivity contribution in [2.75, 3.05) is 17.7 Å². The van der Waals surface area contributed by atoms with Crippen molar-refractivity contribution >= 4 is 17.3 Å². The van der Waals surface area contributed by atoms with Crippen LogP contribution >= 0.6 is 0 Å². The largest absolute Gasteiger partial charge is 0.440 e. The lowest BCUT2D eigenvalue weighted by molar-refractivity contribution is -0.111. The van der Waals surface area contributed by atoms with Crippen LogP contribution < -0.4 is 26.5 Å². The number of nitrogens with one attached hydrogen (secondary N) is 3. The molecule has 154 valence electrons. The van der Waals surface area contributed by atoms with Gasteiger partial charge in [0, 0.05) is 31.4 Å². The first kappa shape index (κ1) is 20.6. The van der Waals surface area contributed by atoms with Gasteiger partial charge in [0.1, 0.15) is 22.9 Å². The smallest absolute Gasteiger partial charge is 0.274 e. The number of pyridine rings is 2. The Balaban J connectivity index is 2.19. The Kier molecular flexibility index (Phi) is 5.82. The molecule has 9 heteroatoms. The van der Waals surface area contributed by atoms with Crippen LogP contribution in [0.2, 0.25) is 0 Å². The normalized spacial score (nSPS) is 10.4. The van der Waals surface area contributed by atoms with Crippen molar-refractivity contribution in [3.8, 4) is 22.8 Å². The van der Waals surface area contributed by atoms with E-state index in [0.717, 1.165) is 6.08 Å². The molecule has 3 aromatic rings. The summed E-state index contributed by atoms with van der Waals surface area (Å²) < 4.78 is 20.3. The Hall–Kier alpha value is -4.14. The van der Waals surface area contributed by atoms with Crippen LogP contribution in [0.4, 0.5) is 15.8 Å². The van der Waals surface area contributed by atoms with Crippen molar-refractivity contribution < 1.29 is 13.9 Å². The minimum Gasteiger partial charge on any atom is -0.440 e. The molecular weight excluding hydrogens is 391 g/mol. The number of carbonyl (C=O) groups excluding carboxylic acids is 1. The van der Waals surface area contributed by atoms with E-state index in [2.05, 4.69) is 22.2 Å². The van der Waals surface area contributed by atoms with E-state index in [1.165, 1.54) is 34.9 Å². The minimum atomic E-state index is -0.607. The van der Waals surface area contributed by atoms with Gasteiger partial charge in [0.2, 0.25) is 11.8 Å². The van der Waals surface area contributed by atoms with E-state index in [9.17, 15) is 18.8 Å². The molecule has 0 unspecified atom stereocenters. The van der Waals surface area contributed by atoms with Crippen molar-refractivity contribution in [3.05, 3.63) is 81.8 Å². The second-order valence-corrected chi connectivity index (χ2v) is 6.31. The van der Waals surface area contributed by atoms with Crippen LogP contribution in [0.3, 0.4) is 0 Å². The van der Waals surface area contributed by atoms with Gasteiger partial charge in [-0.3, -0.25) is 19.4 Å². The number of aromatic nitrogens is 2. The van der Waals surface area contributed by atoms with Crippen molar-refractivity contribution in [1.82, 2.24) is 9.55 Å². The second kappa shape index (κ2) is 8.48. The van der Waals surface area contributed by atoms with Gasteiger partial charge < -0.3 is 19.9 Å². The summed E-state index contributed by atoms with van der Waals surface area (Å²) in [7, 11) is 3.19. The van der Waals surface area contributed by atoms with Crippen molar-refractivity contribution in [1.29, 1.82) is 0 Å². The van der Waals surface area contributed by atoms with Gasteiger partial charge in [0.25, 0.3) is 11.1 Å². The van der Waals surface area contributed by atoms with Gasteiger partial charge in [-0.2, -0.15) is 0 Å². The van der Waals surface area contributed by atoms with E-state index in [-0.39, 0.29) is 22.9 Å². The molecule has 0 aliphatic carbocycles. The number of hydrogen-bond donors (Lipinski definition) is 3. The SMILES string of the molecule is C=CC(=O)Nc1cc(-c2cc(NC)c(=O)n(C)c2)c(Oc2ccc(F)cc2)[nH]c1=O. The quantitative estimate of drug-likeness (QED) is 0.542. The highest BCUT2D eigenvalue weighted by Gasteiger charge is 2.16. The summed E-state index contributed by atoms with van der Waals surface area (Å²) in [6.45, 7) is 3.37. The molecule has 2 aromatic heterocycles. The summed E-state index contributed by atoms with van der Waals surface area (Å²) in [6, 6.07) is 8.27. The fourth-order valence-corrected chi connectivity index (χ4v) is 2.74. The molecule has 0 aliphatic rings. The Labute approximate surface area is 170 Å². The standard InChI is InChI=1S/C21H19FN4O4/c1-4-18(27)24-16-10-15(12-9-17(23-2)21(29)26(3)11-12)20(25-19(16)28)30-14-7-5-13(22)6-8-14/h4-11,23H,1H2,2-3H3,(H,24,27)(H,25,28). The predicted octanol–water partition coefficient (Wildman–Crippen LogP) is 2.84. The monoisotopic (exact) mass is 410 g/mol. The molecule has 0 saturated heterocycles. The maximum absolute atomic E-state index is 13.2. The first-order chi connectivity index (χ1) is 14.3. The maximum Gasteiger partial charge on any atom is 0.274 e. The van der Waals surface area contributed by atoms with Gasteiger partial charge in [0.15, 0.2) is 0 Å².